The SMILES string of the molecule is [2H]c1nc(-n2c3[c-]c(Oc4[c-]c(N5[CH-]N(c6c(-c7ccccc7)cccc6-c6ccccc6)c6cccnc65)ccc4)ccc3c3ccccc32)c([2H])c(C(C)(C)C)c1[2H].[Pt]. The molecule has 6 aromatic carbocycles. The molecule has 0 bridgehead atoms. The number of benzene rings is 6. The van der Waals surface area contributed by atoms with Crippen LogP contribution < -0.4 is 14.5 Å². The Balaban J connectivity index is 0.00000476. The average Bonchev–Trinajstić information content (AvgIpc) is 3.81. The third-order valence-corrected chi connectivity index (χ3v) is 10.3. The Morgan fingerprint density at radius 3 is 2.09 bits per heavy atom. The normalized spacial score (nSPS) is 13.2. The van der Waals surface area contributed by atoms with Crippen LogP contribution >= 0.6 is 0 Å². The number of hydrogen-bond acceptors (Lipinski definition) is 5. The van der Waals surface area contributed by atoms with Crippen LogP contribution in [-0.2, 0) is 26.5 Å². The molecule has 6 nitrogen and oxygen atoms in total. The predicted molar refractivity (Wildman–Crippen MR) is 232 cm³/mol. The summed E-state index contributed by atoms with van der Waals surface area (Å²) in [5.74, 6) is 1.95. The van der Waals surface area contributed by atoms with Crippen molar-refractivity contribution in [3.05, 3.63) is 194 Å². The number of ether oxygens (including phenoxy) is 1. The molecule has 0 amide bonds. The molecule has 10 rings (SSSR count). The van der Waals surface area contributed by atoms with Gasteiger partial charge in [0.2, 0.25) is 0 Å². The maximum atomic E-state index is 9.28. The van der Waals surface area contributed by atoms with Crippen LogP contribution in [0.1, 0.15) is 30.4 Å². The van der Waals surface area contributed by atoms with Crippen LogP contribution in [0, 0.1) is 18.8 Å². The second-order valence-corrected chi connectivity index (χ2v) is 15.0. The van der Waals surface area contributed by atoms with Crippen LogP contribution in [0.25, 0.3) is 49.9 Å². The molecule has 7 heteroatoms. The number of aromatic nitrogens is 3. The number of rotatable bonds is 7. The van der Waals surface area contributed by atoms with E-state index in [4.69, 9.17) is 12.5 Å². The van der Waals surface area contributed by atoms with E-state index in [0.717, 1.165) is 61.4 Å². The molecule has 9 aromatic rings. The van der Waals surface area contributed by atoms with Gasteiger partial charge in [0.15, 0.2) is 0 Å². The summed E-state index contributed by atoms with van der Waals surface area (Å²) in [6, 6.07) is 56.0. The van der Waals surface area contributed by atoms with E-state index in [-0.39, 0.29) is 45.1 Å². The molecule has 0 spiro atoms. The van der Waals surface area contributed by atoms with Crippen LogP contribution in [0.5, 0.6) is 11.5 Å². The van der Waals surface area contributed by atoms with Gasteiger partial charge in [-0.25, -0.2) is 9.97 Å². The van der Waals surface area contributed by atoms with Gasteiger partial charge < -0.3 is 19.1 Å². The summed E-state index contributed by atoms with van der Waals surface area (Å²) >= 11 is 0. The zero-order chi connectivity index (χ0) is 41.1. The molecule has 0 aliphatic carbocycles. The Labute approximate surface area is 357 Å². The second-order valence-electron chi connectivity index (χ2n) is 15.0. The summed E-state index contributed by atoms with van der Waals surface area (Å²) in [5.41, 5.74) is 8.47. The molecule has 0 saturated heterocycles. The van der Waals surface area contributed by atoms with Crippen molar-refractivity contribution in [1.29, 1.82) is 0 Å². The molecule has 0 unspecified atom stereocenters. The standard InChI is InChI=1S/C51H38N5O.Pt/c1-51(2,3)37-28-30-52-48(31-37)56-45-24-11-10-21-43(45)44-27-26-40(33-47(44)56)57-39-20-12-19-38(32-39)54-34-55(46-25-14-29-53-50(46)54)49-41(35-15-6-4-7-16-35)22-13-23-42(49)36-17-8-5-9-18-36;/h4-31,34H,1-3H3;/q-3;/i28D,30D,31D;. The van der Waals surface area contributed by atoms with Gasteiger partial charge in [-0.2, -0.15) is 12.1 Å². The maximum absolute atomic E-state index is 9.28. The quantitative estimate of drug-likeness (QED) is 0.149. The van der Waals surface area contributed by atoms with Crippen molar-refractivity contribution in [2.45, 2.75) is 26.2 Å². The number of nitrogens with zero attached hydrogens (tertiary/aromatic N) is 5. The molecule has 1 aliphatic heterocycles. The molecule has 286 valence electrons. The summed E-state index contributed by atoms with van der Waals surface area (Å²) in [6.07, 6.45) is 1.63. The fourth-order valence-corrected chi connectivity index (χ4v) is 7.55. The third-order valence-electron chi connectivity index (χ3n) is 10.3. The number of pyridine rings is 2. The third kappa shape index (κ3) is 6.63. The topological polar surface area (TPSA) is 46.4 Å². The van der Waals surface area contributed by atoms with Crippen molar-refractivity contribution in [2.75, 3.05) is 9.80 Å². The monoisotopic (exact) mass is 934 g/mol. The summed E-state index contributed by atoms with van der Waals surface area (Å²) in [7, 11) is 0. The molecule has 3 aromatic heterocycles. The molecule has 0 saturated carbocycles. The van der Waals surface area contributed by atoms with E-state index in [2.05, 4.69) is 101 Å². The van der Waals surface area contributed by atoms with Crippen molar-refractivity contribution in [2.24, 2.45) is 0 Å². The molecule has 1 aliphatic rings. The molecule has 0 radical (unpaired) electrons. The minimum absolute atomic E-state index is 0. The average molecular weight is 935 g/mol. The number of anilines is 4. The fourth-order valence-electron chi connectivity index (χ4n) is 7.55. The van der Waals surface area contributed by atoms with Crippen LogP contribution in [0.4, 0.5) is 22.9 Å². The van der Waals surface area contributed by atoms with E-state index < -0.39 is 5.41 Å². The van der Waals surface area contributed by atoms with Gasteiger partial charge in [0.05, 0.1) is 9.80 Å². The minimum atomic E-state index is -0.547. The Morgan fingerprint density at radius 2 is 1.34 bits per heavy atom. The summed E-state index contributed by atoms with van der Waals surface area (Å²) in [5, 5.41) is 1.85. The van der Waals surface area contributed by atoms with Crippen LogP contribution in [0.2, 0.25) is 0 Å². The number of para-hydroxylation sites is 2. The largest absolute Gasteiger partial charge is 0.509 e. The van der Waals surface area contributed by atoms with E-state index in [1.807, 2.05) is 103 Å². The molecular formula is C51H38N5OPt-3. The van der Waals surface area contributed by atoms with Crippen LogP contribution in [0.15, 0.2) is 170 Å². The Bertz CT molecular complexity index is 3040. The zero-order valence-electron chi connectivity index (χ0n) is 35.0. The summed E-state index contributed by atoms with van der Waals surface area (Å²) in [6.45, 7) is 7.92. The van der Waals surface area contributed by atoms with Crippen molar-refractivity contribution in [1.82, 2.24) is 14.5 Å². The van der Waals surface area contributed by atoms with Crippen molar-refractivity contribution >= 4 is 44.7 Å². The van der Waals surface area contributed by atoms with E-state index in [9.17, 15) is 1.37 Å². The molecule has 58 heavy (non-hydrogen) atoms. The summed E-state index contributed by atoms with van der Waals surface area (Å²) in [4.78, 5) is 13.6. The minimum Gasteiger partial charge on any atom is -0.509 e. The van der Waals surface area contributed by atoms with Gasteiger partial charge in [-0.3, -0.25) is 0 Å². The van der Waals surface area contributed by atoms with E-state index in [1.54, 1.807) is 6.20 Å². The Hall–Kier alpha value is -6.49. The first-order valence-electron chi connectivity index (χ1n) is 20.4. The van der Waals surface area contributed by atoms with E-state index in [1.165, 1.54) is 0 Å². The first-order valence-corrected chi connectivity index (χ1v) is 18.9. The molecular weight excluding hydrogens is 894 g/mol. The fraction of sp³-hybridized carbons (Fsp3) is 0.0784. The second kappa shape index (κ2) is 15.1. The molecule has 0 fully saturated rings. The Morgan fingerprint density at radius 1 is 0.655 bits per heavy atom. The van der Waals surface area contributed by atoms with Gasteiger partial charge in [-0.15, -0.1) is 42.4 Å². The smallest absolute Gasteiger partial charge is 0.135 e. The van der Waals surface area contributed by atoms with Gasteiger partial charge in [0.25, 0.3) is 0 Å². The number of hydrogen-bond donors (Lipinski definition) is 0. The summed E-state index contributed by atoms with van der Waals surface area (Å²) < 4.78 is 35.0. The maximum Gasteiger partial charge on any atom is 0.135 e. The van der Waals surface area contributed by atoms with Crippen molar-refractivity contribution < 1.29 is 29.9 Å². The van der Waals surface area contributed by atoms with E-state index >= 15 is 0 Å². The predicted octanol–water partition coefficient (Wildman–Crippen LogP) is 13.0. The van der Waals surface area contributed by atoms with Gasteiger partial charge in [0.1, 0.15) is 11.6 Å². The first kappa shape index (κ1) is 33.6. The van der Waals surface area contributed by atoms with Crippen molar-refractivity contribution in [3.63, 3.8) is 0 Å². The molecule has 0 N–H and O–H groups in total. The Kier molecular flexibility index (Phi) is 8.76. The van der Waals surface area contributed by atoms with E-state index in [0.29, 0.717) is 22.6 Å². The van der Waals surface area contributed by atoms with Gasteiger partial charge in [-0.05, 0) is 57.8 Å². The van der Waals surface area contributed by atoms with Crippen LogP contribution in [-0.4, -0.2) is 14.5 Å². The number of fused-ring (bicyclic) bond motifs is 4. The zero-order valence-corrected chi connectivity index (χ0v) is 34.2. The van der Waals surface area contributed by atoms with Gasteiger partial charge >= 0.3 is 0 Å². The molecule has 4 heterocycles. The first-order chi connectivity index (χ1) is 29.2. The van der Waals surface area contributed by atoms with Crippen LogP contribution in [0.3, 0.4) is 0 Å². The van der Waals surface area contributed by atoms with Gasteiger partial charge in [-0.1, -0.05) is 129 Å². The van der Waals surface area contributed by atoms with Gasteiger partial charge in [0, 0.05) is 67.3 Å². The molecule has 0 atom stereocenters. The van der Waals surface area contributed by atoms with Crippen molar-refractivity contribution in [3.8, 4) is 39.6 Å².